The number of aromatic nitrogens is 3. The maximum Gasteiger partial charge on any atom is 0.203 e. The third-order valence-electron chi connectivity index (χ3n) is 3.86. The van der Waals surface area contributed by atoms with Gasteiger partial charge in [-0.15, -0.1) is 0 Å². The van der Waals surface area contributed by atoms with Crippen molar-refractivity contribution < 1.29 is 4.90 Å². The van der Waals surface area contributed by atoms with Gasteiger partial charge in [-0.05, 0) is 44.1 Å². The second kappa shape index (κ2) is 6.32. The Hall–Kier alpha value is -0.880. The van der Waals surface area contributed by atoms with Crippen molar-refractivity contribution in [3.05, 3.63) is 44.4 Å². The van der Waals surface area contributed by atoms with Crippen LogP contribution in [-0.2, 0) is 13.2 Å². The Kier molecular flexibility index (Phi) is 4.59. The highest BCUT2D eigenvalue weighted by atomic mass is 35.5. The highest BCUT2D eigenvalue weighted by Crippen LogP contribution is 2.35. The van der Waals surface area contributed by atoms with Crippen LogP contribution in [0.4, 0.5) is 0 Å². The average molecular weight is 358 g/mol. The Morgan fingerprint density at radius 3 is 2.68 bits per heavy atom. The Labute approximate surface area is 145 Å². The lowest BCUT2D eigenvalue weighted by molar-refractivity contribution is -0.917. The molecule has 118 valence electrons. The van der Waals surface area contributed by atoms with Gasteiger partial charge in [-0.3, -0.25) is 0 Å². The van der Waals surface area contributed by atoms with Gasteiger partial charge in [0.15, 0.2) is 6.67 Å². The molecule has 1 heterocycles. The highest BCUT2D eigenvalue weighted by molar-refractivity contribution is 7.71. The number of hydrogen-bond donors (Lipinski definition) is 1. The van der Waals surface area contributed by atoms with Crippen molar-refractivity contribution >= 4 is 35.4 Å². The lowest BCUT2D eigenvalue weighted by Gasteiger charge is -2.14. The lowest BCUT2D eigenvalue weighted by Crippen LogP contribution is -3.07. The molecule has 1 aliphatic carbocycles. The molecule has 0 aliphatic heterocycles. The summed E-state index contributed by atoms with van der Waals surface area (Å²) in [5, 5.41) is 5.77. The van der Waals surface area contributed by atoms with Gasteiger partial charge in [-0.2, -0.15) is 9.78 Å². The van der Waals surface area contributed by atoms with Crippen LogP contribution in [0, 0.1) is 11.7 Å². The molecule has 0 saturated heterocycles. The number of nitrogens with one attached hydrogen (secondary N) is 1. The van der Waals surface area contributed by atoms with Crippen molar-refractivity contribution in [1.82, 2.24) is 14.3 Å². The second-order valence-corrected chi connectivity index (χ2v) is 7.15. The molecule has 22 heavy (non-hydrogen) atoms. The molecule has 1 aromatic heterocycles. The van der Waals surface area contributed by atoms with Gasteiger partial charge in [-0.1, -0.05) is 29.3 Å². The fraction of sp³-hybridized carbons (Fsp3) is 0.467. The average Bonchev–Trinajstić information content (AvgIpc) is 3.23. The number of hydrogen-bond acceptors (Lipinski definition) is 2. The maximum absolute atomic E-state index is 6.07. The molecule has 2 aromatic rings. The minimum atomic E-state index is 0.566. The highest BCUT2D eigenvalue weighted by Gasteiger charge is 2.27. The van der Waals surface area contributed by atoms with Gasteiger partial charge in [0, 0.05) is 11.6 Å². The Morgan fingerprint density at radius 2 is 2.05 bits per heavy atom. The molecular formula is C15H19Cl2N4S+. The summed E-state index contributed by atoms with van der Waals surface area (Å²) in [6.45, 7) is 3.60. The molecule has 0 spiro atoms. The molecule has 1 aromatic carbocycles. The quantitative estimate of drug-likeness (QED) is 0.832. The Morgan fingerprint density at radius 1 is 1.32 bits per heavy atom. The van der Waals surface area contributed by atoms with Gasteiger partial charge in [0.1, 0.15) is 12.4 Å². The normalized spacial score (nSPS) is 16.0. The standard InChI is InChI=1S/C15H18Cl2N4S/c1-10-18-20(15(22)21(10)12-4-5-12)9-19(2)8-11-3-6-13(16)14(17)7-11/h3,6-7,12H,4-5,8-9H2,1-2H3/p+1. The van der Waals surface area contributed by atoms with E-state index in [1.54, 1.807) is 0 Å². The Bertz CT molecular complexity index is 748. The smallest absolute Gasteiger partial charge is 0.203 e. The Balaban J connectivity index is 1.71. The lowest BCUT2D eigenvalue weighted by atomic mass is 10.2. The van der Waals surface area contributed by atoms with E-state index in [9.17, 15) is 0 Å². The van der Waals surface area contributed by atoms with Crippen LogP contribution < -0.4 is 4.90 Å². The van der Waals surface area contributed by atoms with Gasteiger partial charge in [0.25, 0.3) is 0 Å². The van der Waals surface area contributed by atoms with Crippen LogP contribution in [0.15, 0.2) is 18.2 Å². The molecule has 1 N–H and O–H groups in total. The zero-order valence-electron chi connectivity index (χ0n) is 12.6. The van der Waals surface area contributed by atoms with Crippen molar-refractivity contribution in [2.24, 2.45) is 0 Å². The first-order chi connectivity index (χ1) is 10.5. The molecule has 0 bridgehead atoms. The van der Waals surface area contributed by atoms with E-state index in [4.69, 9.17) is 35.4 Å². The molecule has 1 saturated carbocycles. The van der Waals surface area contributed by atoms with Crippen molar-refractivity contribution in [2.45, 2.75) is 39.0 Å². The summed E-state index contributed by atoms with van der Waals surface area (Å²) in [6, 6.07) is 6.33. The molecule has 1 aliphatic rings. The molecule has 0 amide bonds. The fourth-order valence-corrected chi connectivity index (χ4v) is 3.40. The first-order valence-corrected chi connectivity index (χ1v) is 8.53. The predicted molar refractivity (Wildman–Crippen MR) is 91.1 cm³/mol. The van der Waals surface area contributed by atoms with Gasteiger partial charge >= 0.3 is 0 Å². The summed E-state index contributed by atoms with van der Waals surface area (Å²) in [7, 11) is 2.12. The predicted octanol–water partition coefficient (Wildman–Crippen LogP) is 3.04. The van der Waals surface area contributed by atoms with Crippen LogP contribution in [-0.4, -0.2) is 21.4 Å². The number of nitrogens with zero attached hydrogens (tertiary/aromatic N) is 3. The first kappa shape index (κ1) is 16.0. The van der Waals surface area contributed by atoms with Crippen molar-refractivity contribution in [3.8, 4) is 0 Å². The zero-order chi connectivity index (χ0) is 15.9. The van der Waals surface area contributed by atoms with E-state index in [2.05, 4.69) is 16.7 Å². The number of halogens is 2. The van der Waals surface area contributed by atoms with Crippen LogP contribution >= 0.6 is 35.4 Å². The van der Waals surface area contributed by atoms with Crippen LogP contribution in [0.5, 0.6) is 0 Å². The fourth-order valence-electron chi connectivity index (χ4n) is 2.69. The van der Waals surface area contributed by atoms with E-state index in [1.165, 1.54) is 17.7 Å². The molecular weight excluding hydrogens is 339 g/mol. The van der Waals surface area contributed by atoms with Gasteiger partial charge in [0.05, 0.1) is 17.1 Å². The van der Waals surface area contributed by atoms with Crippen molar-refractivity contribution in [2.75, 3.05) is 7.05 Å². The minimum Gasteiger partial charge on any atom is -0.315 e. The number of benzene rings is 1. The number of rotatable bonds is 5. The van der Waals surface area contributed by atoms with Crippen LogP contribution in [0.3, 0.4) is 0 Å². The van der Waals surface area contributed by atoms with E-state index < -0.39 is 0 Å². The van der Waals surface area contributed by atoms with Crippen LogP contribution in [0.2, 0.25) is 10.0 Å². The van der Waals surface area contributed by atoms with Crippen molar-refractivity contribution in [3.63, 3.8) is 0 Å². The molecule has 4 nitrogen and oxygen atoms in total. The zero-order valence-corrected chi connectivity index (χ0v) is 15.0. The largest absolute Gasteiger partial charge is 0.315 e. The molecule has 1 fully saturated rings. The molecule has 1 unspecified atom stereocenters. The summed E-state index contributed by atoms with van der Waals surface area (Å²) < 4.78 is 4.94. The van der Waals surface area contributed by atoms with E-state index >= 15 is 0 Å². The third-order valence-corrected chi connectivity index (χ3v) is 5.01. The van der Waals surface area contributed by atoms with E-state index in [1.807, 2.05) is 29.8 Å². The molecule has 1 atom stereocenters. The van der Waals surface area contributed by atoms with E-state index in [-0.39, 0.29) is 0 Å². The molecule has 7 heteroatoms. The number of aryl methyl sites for hydroxylation is 1. The van der Waals surface area contributed by atoms with Crippen molar-refractivity contribution in [1.29, 1.82) is 0 Å². The molecule has 0 radical (unpaired) electrons. The summed E-state index contributed by atoms with van der Waals surface area (Å²) >= 11 is 17.6. The second-order valence-electron chi connectivity index (χ2n) is 5.97. The summed E-state index contributed by atoms with van der Waals surface area (Å²) in [6.07, 6.45) is 2.43. The maximum atomic E-state index is 6.07. The SMILES string of the molecule is Cc1nn(C[NH+](C)Cc2ccc(Cl)c(Cl)c2)c(=S)n1C1CC1. The molecule has 3 rings (SSSR count). The van der Waals surface area contributed by atoms with Gasteiger partial charge < -0.3 is 9.47 Å². The van der Waals surface area contributed by atoms with E-state index in [0.29, 0.717) is 16.1 Å². The third kappa shape index (κ3) is 3.38. The van der Waals surface area contributed by atoms with E-state index in [0.717, 1.165) is 29.4 Å². The topological polar surface area (TPSA) is 27.2 Å². The van der Waals surface area contributed by atoms with Crippen LogP contribution in [0.1, 0.15) is 30.3 Å². The number of quaternary nitrogens is 1. The minimum absolute atomic E-state index is 0.566. The summed E-state index contributed by atoms with van der Waals surface area (Å²) in [4.78, 5) is 1.29. The summed E-state index contributed by atoms with van der Waals surface area (Å²) in [5.74, 6) is 1.01. The van der Waals surface area contributed by atoms with Gasteiger partial charge in [0.2, 0.25) is 4.77 Å². The van der Waals surface area contributed by atoms with Crippen LogP contribution in [0.25, 0.3) is 0 Å². The summed E-state index contributed by atoms with van der Waals surface area (Å²) in [5.41, 5.74) is 1.15. The van der Waals surface area contributed by atoms with Gasteiger partial charge in [-0.25, -0.2) is 0 Å². The monoisotopic (exact) mass is 357 g/mol. The first-order valence-electron chi connectivity index (χ1n) is 7.37.